The van der Waals surface area contributed by atoms with Crippen LogP contribution in [0.25, 0.3) is 27.4 Å². The molecule has 0 saturated heterocycles. The SMILES string of the molecule is COc1ncccc1-c1ccc(-c2cnn(C3=CC(=O)NS3=O)c2)cn1. The van der Waals surface area contributed by atoms with Crippen molar-refractivity contribution in [3.05, 3.63) is 55.1 Å². The molecule has 1 amide bonds. The Morgan fingerprint density at radius 3 is 2.73 bits per heavy atom. The molecule has 0 bridgehead atoms. The van der Waals surface area contributed by atoms with Gasteiger partial charge in [0.05, 0.1) is 24.6 Å². The van der Waals surface area contributed by atoms with E-state index in [0.717, 1.165) is 22.4 Å². The Morgan fingerprint density at radius 2 is 2.04 bits per heavy atom. The van der Waals surface area contributed by atoms with Crippen molar-refractivity contribution in [1.82, 2.24) is 24.5 Å². The highest BCUT2D eigenvalue weighted by Crippen LogP contribution is 2.28. The zero-order chi connectivity index (χ0) is 18.1. The van der Waals surface area contributed by atoms with Crippen LogP contribution in [0, 0.1) is 0 Å². The van der Waals surface area contributed by atoms with E-state index in [4.69, 9.17) is 4.74 Å². The molecule has 0 fully saturated rings. The summed E-state index contributed by atoms with van der Waals surface area (Å²) in [5.41, 5.74) is 3.17. The first-order chi connectivity index (χ1) is 12.7. The molecule has 0 aromatic carbocycles. The molecule has 4 heterocycles. The van der Waals surface area contributed by atoms with E-state index in [2.05, 4.69) is 19.8 Å². The summed E-state index contributed by atoms with van der Waals surface area (Å²) in [6.45, 7) is 0. The van der Waals surface area contributed by atoms with Crippen LogP contribution in [0.15, 0.2) is 55.1 Å². The van der Waals surface area contributed by atoms with Crippen LogP contribution in [0.2, 0.25) is 0 Å². The van der Waals surface area contributed by atoms with Crippen molar-refractivity contribution in [3.63, 3.8) is 0 Å². The molecule has 1 unspecified atom stereocenters. The number of methoxy groups -OCH3 is 1. The van der Waals surface area contributed by atoms with E-state index < -0.39 is 16.9 Å². The number of hydrogen-bond donors (Lipinski definition) is 1. The van der Waals surface area contributed by atoms with E-state index in [1.807, 2.05) is 24.3 Å². The molecule has 0 aliphatic carbocycles. The molecule has 1 atom stereocenters. The van der Waals surface area contributed by atoms with Gasteiger partial charge in [0, 0.05) is 35.8 Å². The smallest absolute Gasteiger partial charge is 0.258 e. The molecule has 1 aliphatic rings. The predicted molar refractivity (Wildman–Crippen MR) is 95.8 cm³/mol. The van der Waals surface area contributed by atoms with Crippen molar-refractivity contribution in [2.24, 2.45) is 0 Å². The molecule has 4 rings (SSSR count). The number of pyridine rings is 2. The summed E-state index contributed by atoms with van der Waals surface area (Å²) in [7, 11) is -0.0262. The Morgan fingerprint density at radius 1 is 1.15 bits per heavy atom. The van der Waals surface area contributed by atoms with Gasteiger partial charge in [-0.05, 0) is 18.2 Å². The predicted octanol–water partition coefficient (Wildman–Crippen LogP) is 1.61. The molecule has 8 nitrogen and oxygen atoms in total. The summed E-state index contributed by atoms with van der Waals surface area (Å²) in [5.74, 6) is 0.111. The van der Waals surface area contributed by atoms with Crippen molar-refractivity contribution >= 4 is 21.9 Å². The average molecular weight is 367 g/mol. The van der Waals surface area contributed by atoms with Crippen molar-refractivity contribution in [3.8, 4) is 28.3 Å². The third-order valence-corrected chi connectivity index (χ3v) is 4.85. The van der Waals surface area contributed by atoms with Gasteiger partial charge < -0.3 is 4.74 Å². The van der Waals surface area contributed by atoms with E-state index in [9.17, 15) is 9.00 Å². The van der Waals surface area contributed by atoms with Gasteiger partial charge in [-0.25, -0.2) is 13.9 Å². The number of rotatable bonds is 4. The number of amides is 1. The maximum Gasteiger partial charge on any atom is 0.258 e. The highest BCUT2D eigenvalue weighted by Gasteiger charge is 2.22. The lowest BCUT2D eigenvalue weighted by atomic mass is 10.1. The van der Waals surface area contributed by atoms with Crippen LogP contribution in [0.4, 0.5) is 0 Å². The largest absolute Gasteiger partial charge is 0.481 e. The van der Waals surface area contributed by atoms with Crippen LogP contribution in [0.3, 0.4) is 0 Å². The zero-order valence-electron chi connectivity index (χ0n) is 13.6. The number of nitrogens with one attached hydrogen (secondary N) is 1. The van der Waals surface area contributed by atoms with Crippen LogP contribution in [0.1, 0.15) is 0 Å². The maximum atomic E-state index is 11.8. The van der Waals surface area contributed by atoms with E-state index in [1.165, 1.54) is 10.8 Å². The van der Waals surface area contributed by atoms with E-state index in [-0.39, 0.29) is 0 Å². The third kappa shape index (κ3) is 2.88. The minimum Gasteiger partial charge on any atom is -0.481 e. The van der Waals surface area contributed by atoms with Gasteiger partial charge in [0.2, 0.25) is 5.88 Å². The fourth-order valence-corrected chi connectivity index (χ4v) is 3.38. The lowest BCUT2D eigenvalue weighted by Crippen LogP contribution is -2.17. The van der Waals surface area contributed by atoms with Gasteiger partial charge in [0.15, 0.2) is 16.0 Å². The monoisotopic (exact) mass is 367 g/mol. The van der Waals surface area contributed by atoms with Gasteiger partial charge in [-0.3, -0.25) is 14.5 Å². The number of aromatic nitrogens is 4. The maximum absolute atomic E-state index is 11.8. The topological polar surface area (TPSA) is 99.0 Å². The molecule has 130 valence electrons. The van der Waals surface area contributed by atoms with Gasteiger partial charge in [-0.15, -0.1) is 0 Å². The Bertz CT molecular complexity index is 1040. The minimum atomic E-state index is -1.59. The Kier molecular flexibility index (Phi) is 4.05. The fourth-order valence-electron chi connectivity index (χ4n) is 2.55. The first-order valence-corrected chi connectivity index (χ1v) is 8.75. The van der Waals surface area contributed by atoms with Gasteiger partial charge in [0.25, 0.3) is 5.91 Å². The second-order valence-corrected chi connectivity index (χ2v) is 6.54. The molecule has 0 radical (unpaired) electrons. The van der Waals surface area contributed by atoms with Crippen molar-refractivity contribution in [1.29, 1.82) is 0 Å². The molecule has 3 aromatic heterocycles. The third-order valence-electron chi connectivity index (χ3n) is 3.78. The number of nitrogens with zero attached hydrogens (tertiary/aromatic N) is 4. The molecule has 9 heteroatoms. The lowest BCUT2D eigenvalue weighted by Gasteiger charge is -2.06. The van der Waals surface area contributed by atoms with Gasteiger partial charge in [-0.1, -0.05) is 6.07 Å². The van der Waals surface area contributed by atoms with Gasteiger partial charge >= 0.3 is 0 Å². The van der Waals surface area contributed by atoms with E-state index in [1.54, 1.807) is 31.9 Å². The van der Waals surface area contributed by atoms with Gasteiger partial charge in [0.1, 0.15) is 0 Å². The Labute approximate surface area is 151 Å². The number of carbonyl (C=O) groups excluding carboxylic acids is 1. The molecule has 1 N–H and O–H groups in total. The molecule has 26 heavy (non-hydrogen) atoms. The van der Waals surface area contributed by atoms with Crippen LogP contribution in [-0.4, -0.2) is 37.0 Å². The van der Waals surface area contributed by atoms with Crippen molar-refractivity contribution in [2.75, 3.05) is 7.11 Å². The number of ether oxygens (including phenoxy) is 1. The summed E-state index contributed by atoms with van der Waals surface area (Å²) >= 11 is 0. The highest BCUT2D eigenvalue weighted by atomic mass is 32.2. The van der Waals surface area contributed by atoms with Crippen molar-refractivity contribution < 1.29 is 13.7 Å². The average Bonchev–Trinajstić information content (AvgIpc) is 3.28. The first kappa shape index (κ1) is 16.2. The lowest BCUT2D eigenvalue weighted by molar-refractivity contribution is -0.114. The summed E-state index contributed by atoms with van der Waals surface area (Å²) < 4.78 is 20.8. The van der Waals surface area contributed by atoms with Crippen LogP contribution >= 0.6 is 0 Å². The Balaban J connectivity index is 1.63. The van der Waals surface area contributed by atoms with E-state index >= 15 is 0 Å². The van der Waals surface area contributed by atoms with Gasteiger partial charge in [-0.2, -0.15) is 5.10 Å². The number of hydrogen-bond acceptors (Lipinski definition) is 6. The summed E-state index contributed by atoms with van der Waals surface area (Å²) in [5, 5.41) is 4.47. The number of carbonyl (C=O) groups is 1. The normalized spacial score (nSPS) is 16.3. The molecule has 0 spiro atoms. The minimum absolute atomic E-state index is 0.297. The quantitative estimate of drug-likeness (QED) is 0.752. The van der Waals surface area contributed by atoms with Crippen LogP contribution < -0.4 is 9.46 Å². The van der Waals surface area contributed by atoms with Crippen LogP contribution in [0.5, 0.6) is 5.88 Å². The van der Waals surface area contributed by atoms with E-state index in [0.29, 0.717) is 10.9 Å². The first-order valence-electron chi connectivity index (χ1n) is 7.60. The molecular weight excluding hydrogens is 354 g/mol. The fraction of sp³-hybridized carbons (Fsp3) is 0.0588. The Hall–Kier alpha value is -3.33. The summed E-state index contributed by atoms with van der Waals surface area (Å²) in [6.07, 6.45) is 7.97. The standard InChI is InChI=1S/C17H13N5O3S/c1-25-17-13(3-2-6-18-17)14-5-4-11(8-19-14)12-9-20-22(10-12)16-7-15(23)21-26(16)24/h2-10H,1H3,(H,21,23). The zero-order valence-corrected chi connectivity index (χ0v) is 14.4. The van der Waals surface area contributed by atoms with Crippen molar-refractivity contribution in [2.45, 2.75) is 0 Å². The molecule has 1 aliphatic heterocycles. The second-order valence-electron chi connectivity index (χ2n) is 5.38. The highest BCUT2D eigenvalue weighted by molar-refractivity contribution is 7.93. The second kappa shape index (κ2) is 6.52. The van der Waals surface area contributed by atoms with Crippen LogP contribution in [-0.2, 0) is 15.8 Å². The summed E-state index contributed by atoms with van der Waals surface area (Å²) in [4.78, 5) is 19.9. The summed E-state index contributed by atoms with van der Waals surface area (Å²) in [6, 6.07) is 7.48. The molecule has 3 aromatic rings. The molecular formula is C17H13N5O3S. The molecule has 0 saturated carbocycles.